The molecular weight excluding hydrogens is 261 g/mol. The number of nitrogens with one attached hydrogen (secondary N) is 1. The van der Waals surface area contributed by atoms with Gasteiger partial charge in [-0.2, -0.15) is 0 Å². The Morgan fingerprint density at radius 1 is 1.32 bits per heavy atom. The first kappa shape index (κ1) is 16.5. The fraction of sp³-hybridized carbons (Fsp3) is 0.625. The van der Waals surface area contributed by atoms with Crippen LogP contribution in [0.1, 0.15) is 39.7 Å². The number of benzene rings is 1. The van der Waals surface area contributed by atoms with E-state index in [4.69, 9.17) is 11.6 Å². The van der Waals surface area contributed by atoms with Crippen LogP contribution in [0.3, 0.4) is 0 Å². The van der Waals surface area contributed by atoms with E-state index in [1.807, 2.05) is 0 Å². The monoisotopic (exact) mass is 285 g/mol. The summed E-state index contributed by atoms with van der Waals surface area (Å²) >= 11 is 6.12. The minimum atomic E-state index is -0.197. The minimum Gasteiger partial charge on any atom is -0.316 e. The third-order valence-electron chi connectivity index (χ3n) is 3.55. The molecule has 0 aromatic heterocycles. The maximum atomic E-state index is 13.9. The molecule has 19 heavy (non-hydrogen) atoms. The van der Waals surface area contributed by atoms with Crippen molar-refractivity contribution in [2.24, 2.45) is 11.3 Å². The molecule has 1 rings (SSSR count). The quantitative estimate of drug-likeness (QED) is 0.748. The summed E-state index contributed by atoms with van der Waals surface area (Å²) in [6, 6.07) is 4.90. The first-order valence-corrected chi connectivity index (χ1v) is 7.37. The molecule has 0 radical (unpaired) electrons. The van der Waals surface area contributed by atoms with E-state index < -0.39 is 0 Å². The fourth-order valence-corrected chi connectivity index (χ4v) is 2.35. The molecule has 1 unspecified atom stereocenters. The molecule has 1 nitrogen and oxygen atoms in total. The highest BCUT2D eigenvalue weighted by atomic mass is 35.5. The smallest absolute Gasteiger partial charge is 0.127 e. The number of rotatable bonds is 6. The van der Waals surface area contributed by atoms with Crippen LogP contribution < -0.4 is 5.32 Å². The Bertz CT molecular complexity index is 378. The zero-order valence-corrected chi connectivity index (χ0v) is 13.1. The maximum Gasteiger partial charge on any atom is 0.127 e. The van der Waals surface area contributed by atoms with Crippen LogP contribution >= 0.6 is 11.6 Å². The van der Waals surface area contributed by atoms with E-state index in [1.165, 1.54) is 6.07 Å². The molecule has 0 saturated carbocycles. The van der Waals surface area contributed by atoms with Crippen molar-refractivity contribution in [3.05, 3.63) is 34.6 Å². The van der Waals surface area contributed by atoms with E-state index >= 15 is 0 Å². The van der Waals surface area contributed by atoms with Crippen molar-refractivity contribution < 1.29 is 4.39 Å². The average molecular weight is 286 g/mol. The van der Waals surface area contributed by atoms with Crippen molar-refractivity contribution in [3.8, 4) is 0 Å². The van der Waals surface area contributed by atoms with E-state index in [0.717, 1.165) is 19.5 Å². The highest BCUT2D eigenvalue weighted by Gasteiger charge is 2.26. The van der Waals surface area contributed by atoms with E-state index in [0.29, 0.717) is 22.9 Å². The molecule has 3 heteroatoms. The second-order valence-corrected chi connectivity index (χ2v) is 6.58. The summed E-state index contributed by atoms with van der Waals surface area (Å²) in [5.74, 6) is 0.158. The zero-order chi connectivity index (χ0) is 14.5. The number of halogens is 2. The maximum absolute atomic E-state index is 13.9. The van der Waals surface area contributed by atoms with E-state index in [2.05, 4.69) is 33.0 Å². The Labute approximate surface area is 121 Å². The predicted molar refractivity (Wildman–Crippen MR) is 81.2 cm³/mol. The molecule has 108 valence electrons. The van der Waals surface area contributed by atoms with Crippen LogP contribution in [0.15, 0.2) is 18.2 Å². The van der Waals surface area contributed by atoms with Crippen molar-refractivity contribution in [2.45, 2.75) is 40.5 Å². The minimum absolute atomic E-state index is 0.117. The van der Waals surface area contributed by atoms with E-state index in [-0.39, 0.29) is 11.2 Å². The van der Waals surface area contributed by atoms with E-state index in [1.54, 1.807) is 12.1 Å². The second-order valence-electron chi connectivity index (χ2n) is 6.17. The predicted octanol–water partition coefficient (Wildman–Crippen LogP) is 4.68. The molecule has 0 spiro atoms. The lowest BCUT2D eigenvalue weighted by Gasteiger charge is -2.31. The van der Waals surface area contributed by atoms with Gasteiger partial charge in [-0.25, -0.2) is 4.39 Å². The molecule has 1 aromatic carbocycles. The molecule has 0 amide bonds. The summed E-state index contributed by atoms with van der Waals surface area (Å²) in [5, 5.41) is 3.97. The molecule has 1 aromatic rings. The molecule has 0 saturated heterocycles. The summed E-state index contributed by atoms with van der Waals surface area (Å²) in [7, 11) is 0. The molecule has 1 N–H and O–H groups in total. The Hall–Kier alpha value is -0.600. The van der Waals surface area contributed by atoms with E-state index in [9.17, 15) is 4.39 Å². The average Bonchev–Trinajstić information content (AvgIpc) is 2.30. The van der Waals surface area contributed by atoms with Crippen LogP contribution in [0.2, 0.25) is 5.02 Å². The highest BCUT2D eigenvalue weighted by Crippen LogP contribution is 2.31. The topological polar surface area (TPSA) is 12.0 Å². The lowest BCUT2D eigenvalue weighted by molar-refractivity contribution is 0.229. The van der Waals surface area contributed by atoms with Crippen LogP contribution in [0.4, 0.5) is 4.39 Å². The molecule has 1 atom stereocenters. The molecule has 0 bridgehead atoms. The lowest BCUT2D eigenvalue weighted by Crippen LogP contribution is -2.34. The lowest BCUT2D eigenvalue weighted by atomic mass is 9.77. The largest absolute Gasteiger partial charge is 0.316 e. The van der Waals surface area contributed by atoms with Gasteiger partial charge in [0.2, 0.25) is 0 Å². The van der Waals surface area contributed by atoms with Crippen LogP contribution in [-0.2, 0) is 6.42 Å². The summed E-state index contributed by atoms with van der Waals surface area (Å²) in [6.07, 6.45) is 1.78. The van der Waals surface area contributed by atoms with Gasteiger partial charge < -0.3 is 5.32 Å². The van der Waals surface area contributed by atoms with Gasteiger partial charge in [0.05, 0.1) is 0 Å². The first-order valence-electron chi connectivity index (χ1n) is 6.99. The van der Waals surface area contributed by atoms with Gasteiger partial charge in [-0.15, -0.1) is 0 Å². The van der Waals surface area contributed by atoms with Gasteiger partial charge in [0.1, 0.15) is 5.82 Å². The van der Waals surface area contributed by atoms with Crippen molar-refractivity contribution >= 4 is 11.6 Å². The summed E-state index contributed by atoms with van der Waals surface area (Å²) in [5.41, 5.74) is 0.759. The molecule has 0 fully saturated rings. The fourth-order valence-electron chi connectivity index (χ4n) is 2.11. The second kappa shape index (κ2) is 7.25. The Morgan fingerprint density at radius 3 is 2.53 bits per heavy atom. The highest BCUT2D eigenvalue weighted by molar-refractivity contribution is 6.31. The van der Waals surface area contributed by atoms with Gasteiger partial charge in [0.15, 0.2) is 0 Å². The zero-order valence-electron chi connectivity index (χ0n) is 12.4. The SMILES string of the molecule is CCCNCC(Cc1c(F)cccc1Cl)C(C)(C)C. The van der Waals surface area contributed by atoms with Gasteiger partial charge in [-0.3, -0.25) is 0 Å². The van der Waals surface area contributed by atoms with Gasteiger partial charge in [0, 0.05) is 10.6 Å². The van der Waals surface area contributed by atoms with Gasteiger partial charge >= 0.3 is 0 Å². The molecule has 0 aliphatic heterocycles. The van der Waals surface area contributed by atoms with Crippen LogP contribution in [0.5, 0.6) is 0 Å². The standard InChI is InChI=1S/C16H25ClFN/c1-5-9-19-11-12(16(2,3)4)10-13-14(17)7-6-8-15(13)18/h6-8,12,19H,5,9-11H2,1-4H3. The first-order chi connectivity index (χ1) is 8.86. The summed E-state index contributed by atoms with van der Waals surface area (Å²) in [4.78, 5) is 0. The van der Waals surface area contributed by atoms with Crippen molar-refractivity contribution in [2.75, 3.05) is 13.1 Å². The normalized spacial score (nSPS) is 13.6. The van der Waals surface area contributed by atoms with Crippen LogP contribution in [0, 0.1) is 17.2 Å². The van der Waals surface area contributed by atoms with Crippen LogP contribution in [0.25, 0.3) is 0 Å². The number of hydrogen-bond donors (Lipinski definition) is 1. The van der Waals surface area contributed by atoms with Crippen molar-refractivity contribution in [3.63, 3.8) is 0 Å². The van der Waals surface area contributed by atoms with Gasteiger partial charge in [0.25, 0.3) is 0 Å². The van der Waals surface area contributed by atoms with Gasteiger partial charge in [-0.1, -0.05) is 45.4 Å². The Balaban J connectivity index is 2.82. The van der Waals surface area contributed by atoms with Crippen LogP contribution in [-0.4, -0.2) is 13.1 Å². The number of hydrogen-bond acceptors (Lipinski definition) is 1. The third-order valence-corrected chi connectivity index (χ3v) is 3.91. The Kier molecular flexibility index (Phi) is 6.28. The van der Waals surface area contributed by atoms with Crippen molar-refractivity contribution in [1.82, 2.24) is 5.32 Å². The van der Waals surface area contributed by atoms with Crippen molar-refractivity contribution in [1.29, 1.82) is 0 Å². The molecule has 0 aliphatic carbocycles. The third kappa shape index (κ3) is 5.12. The summed E-state index contributed by atoms with van der Waals surface area (Å²) < 4.78 is 13.9. The molecule has 0 heterocycles. The Morgan fingerprint density at radius 2 is 2.00 bits per heavy atom. The van der Waals surface area contributed by atoms with Gasteiger partial charge in [-0.05, 0) is 49.4 Å². The molecular formula is C16H25ClFN. The summed E-state index contributed by atoms with van der Waals surface area (Å²) in [6.45, 7) is 10.6. The molecule has 0 aliphatic rings.